The molecule has 0 aliphatic carbocycles. The van der Waals surface area contributed by atoms with Crippen LogP contribution in [0.4, 0.5) is 0 Å². The second-order valence-corrected chi connectivity index (χ2v) is 7.94. The lowest BCUT2D eigenvalue weighted by atomic mass is 10.1. The predicted octanol–water partition coefficient (Wildman–Crippen LogP) is 1.59. The highest BCUT2D eigenvalue weighted by Gasteiger charge is 2.38. The molecule has 0 saturated carbocycles. The molecule has 0 bridgehead atoms. The van der Waals surface area contributed by atoms with Crippen LogP contribution in [-0.2, 0) is 14.6 Å². The van der Waals surface area contributed by atoms with Gasteiger partial charge < -0.3 is 4.90 Å². The Bertz CT molecular complexity index is 616. The average molecular weight is 331 g/mol. The molecule has 1 N–H and O–H groups in total. The van der Waals surface area contributed by atoms with Crippen molar-refractivity contribution in [1.82, 2.24) is 10.2 Å². The van der Waals surface area contributed by atoms with Gasteiger partial charge in [-0.05, 0) is 24.1 Å². The molecule has 2 rings (SSSR count). The Labute approximate surface area is 130 Å². The molecule has 0 radical (unpaired) electrons. The van der Waals surface area contributed by atoms with Crippen molar-refractivity contribution in [3.63, 3.8) is 0 Å². The van der Waals surface area contributed by atoms with Crippen LogP contribution in [0, 0.1) is 0 Å². The van der Waals surface area contributed by atoms with Crippen LogP contribution in [0.5, 0.6) is 0 Å². The lowest BCUT2D eigenvalue weighted by Crippen LogP contribution is -2.34. The number of amides is 1. The van der Waals surface area contributed by atoms with Crippen molar-refractivity contribution < 1.29 is 13.2 Å². The van der Waals surface area contributed by atoms with E-state index in [9.17, 15) is 13.2 Å². The summed E-state index contributed by atoms with van der Waals surface area (Å²) < 4.78 is 22.7. The maximum atomic E-state index is 12.3. The van der Waals surface area contributed by atoms with Crippen LogP contribution in [-0.4, -0.2) is 43.8 Å². The standard InChI is InChI=1S/C14H19ClN2O3S/c1-3-12-14(18)17(8-9-21(2,19)20)13(16-12)10-4-6-11(15)7-5-10/h4-7,12-13,16H,3,8-9H2,1-2H3. The van der Waals surface area contributed by atoms with Gasteiger partial charge >= 0.3 is 0 Å². The van der Waals surface area contributed by atoms with Crippen LogP contribution in [0.1, 0.15) is 25.1 Å². The van der Waals surface area contributed by atoms with Crippen LogP contribution >= 0.6 is 11.6 Å². The van der Waals surface area contributed by atoms with Gasteiger partial charge in [0, 0.05) is 17.8 Å². The third kappa shape index (κ3) is 3.96. The molecule has 1 amide bonds. The van der Waals surface area contributed by atoms with Crippen LogP contribution < -0.4 is 5.32 Å². The average Bonchev–Trinajstić information content (AvgIpc) is 2.73. The molecule has 1 heterocycles. The predicted molar refractivity (Wildman–Crippen MR) is 82.8 cm³/mol. The number of halogens is 1. The Morgan fingerprint density at radius 1 is 1.29 bits per heavy atom. The van der Waals surface area contributed by atoms with E-state index in [2.05, 4.69) is 5.32 Å². The summed E-state index contributed by atoms with van der Waals surface area (Å²) >= 11 is 5.88. The number of hydrogen-bond acceptors (Lipinski definition) is 4. The molecule has 5 nitrogen and oxygen atoms in total. The van der Waals surface area contributed by atoms with Gasteiger partial charge in [0.05, 0.1) is 11.8 Å². The highest BCUT2D eigenvalue weighted by Crippen LogP contribution is 2.27. The number of nitrogens with zero attached hydrogens (tertiary/aromatic N) is 1. The van der Waals surface area contributed by atoms with Crippen molar-refractivity contribution in [2.75, 3.05) is 18.6 Å². The first kappa shape index (κ1) is 16.3. The molecule has 1 saturated heterocycles. The molecule has 1 aromatic rings. The summed E-state index contributed by atoms with van der Waals surface area (Å²) in [5, 5.41) is 3.87. The zero-order valence-corrected chi connectivity index (χ0v) is 13.6. The van der Waals surface area contributed by atoms with Crippen molar-refractivity contribution in [2.45, 2.75) is 25.6 Å². The van der Waals surface area contributed by atoms with E-state index in [0.717, 1.165) is 5.56 Å². The number of sulfone groups is 1. The van der Waals surface area contributed by atoms with E-state index in [-0.39, 0.29) is 30.4 Å². The third-order valence-corrected chi connectivity index (χ3v) is 4.73. The largest absolute Gasteiger partial charge is 0.321 e. The molecule has 7 heteroatoms. The molecule has 1 aliphatic rings. The van der Waals surface area contributed by atoms with E-state index in [1.54, 1.807) is 17.0 Å². The fourth-order valence-electron chi connectivity index (χ4n) is 2.40. The van der Waals surface area contributed by atoms with Gasteiger partial charge in [-0.3, -0.25) is 10.1 Å². The molecular formula is C14H19ClN2O3S. The topological polar surface area (TPSA) is 66.5 Å². The minimum absolute atomic E-state index is 0.0407. The SMILES string of the molecule is CCC1NC(c2ccc(Cl)cc2)N(CCS(C)(=O)=O)C1=O. The van der Waals surface area contributed by atoms with Gasteiger partial charge in [-0.1, -0.05) is 30.7 Å². The summed E-state index contributed by atoms with van der Waals surface area (Å²) in [7, 11) is -3.11. The summed E-state index contributed by atoms with van der Waals surface area (Å²) in [5.74, 6) is -0.0953. The molecule has 0 aromatic heterocycles. The van der Waals surface area contributed by atoms with Gasteiger partial charge in [0.25, 0.3) is 0 Å². The van der Waals surface area contributed by atoms with Crippen LogP contribution in [0.25, 0.3) is 0 Å². The minimum Gasteiger partial charge on any atom is -0.321 e. The number of nitrogens with one attached hydrogen (secondary N) is 1. The maximum absolute atomic E-state index is 12.3. The van der Waals surface area contributed by atoms with Crippen molar-refractivity contribution in [3.8, 4) is 0 Å². The zero-order chi connectivity index (χ0) is 15.6. The van der Waals surface area contributed by atoms with Gasteiger partial charge in [-0.2, -0.15) is 0 Å². The summed E-state index contributed by atoms with van der Waals surface area (Å²) in [6.07, 6.45) is 1.54. The molecule has 1 aliphatic heterocycles. The summed E-state index contributed by atoms with van der Waals surface area (Å²) in [6, 6.07) is 6.94. The third-order valence-electron chi connectivity index (χ3n) is 3.55. The molecular weight excluding hydrogens is 312 g/mol. The fraction of sp³-hybridized carbons (Fsp3) is 0.500. The zero-order valence-electron chi connectivity index (χ0n) is 12.0. The van der Waals surface area contributed by atoms with Crippen LogP contribution in [0.2, 0.25) is 5.02 Å². The second-order valence-electron chi connectivity index (χ2n) is 5.24. The molecule has 116 valence electrons. The Morgan fingerprint density at radius 2 is 1.90 bits per heavy atom. The quantitative estimate of drug-likeness (QED) is 0.890. The van der Waals surface area contributed by atoms with E-state index in [1.165, 1.54) is 6.26 Å². The van der Waals surface area contributed by atoms with Crippen molar-refractivity contribution in [2.24, 2.45) is 0 Å². The van der Waals surface area contributed by atoms with Crippen LogP contribution in [0.3, 0.4) is 0 Å². The van der Waals surface area contributed by atoms with Crippen molar-refractivity contribution >= 4 is 27.3 Å². The number of carbonyl (C=O) groups excluding carboxylic acids is 1. The Hall–Kier alpha value is -1.11. The molecule has 2 unspecified atom stereocenters. The van der Waals surface area contributed by atoms with Gasteiger partial charge in [-0.25, -0.2) is 8.42 Å². The van der Waals surface area contributed by atoms with Crippen LogP contribution in [0.15, 0.2) is 24.3 Å². The lowest BCUT2D eigenvalue weighted by molar-refractivity contribution is -0.129. The molecule has 2 atom stereocenters. The summed E-state index contributed by atoms with van der Waals surface area (Å²) in [4.78, 5) is 13.9. The highest BCUT2D eigenvalue weighted by atomic mass is 35.5. The normalized spacial score (nSPS) is 22.8. The smallest absolute Gasteiger partial charge is 0.241 e. The van der Waals surface area contributed by atoms with E-state index < -0.39 is 9.84 Å². The summed E-state index contributed by atoms with van der Waals surface area (Å²) in [6.45, 7) is 2.11. The van der Waals surface area contributed by atoms with Crippen molar-refractivity contribution in [1.29, 1.82) is 0 Å². The Balaban J connectivity index is 2.23. The van der Waals surface area contributed by atoms with Crippen molar-refractivity contribution in [3.05, 3.63) is 34.9 Å². The van der Waals surface area contributed by atoms with Gasteiger partial charge in [0.1, 0.15) is 16.0 Å². The maximum Gasteiger partial charge on any atom is 0.241 e. The molecule has 1 aromatic carbocycles. The van der Waals surface area contributed by atoms with Gasteiger partial charge in [0.15, 0.2) is 0 Å². The van der Waals surface area contributed by atoms with E-state index in [4.69, 9.17) is 11.6 Å². The number of rotatable bonds is 5. The first-order valence-corrected chi connectivity index (χ1v) is 9.25. The molecule has 21 heavy (non-hydrogen) atoms. The Morgan fingerprint density at radius 3 is 2.43 bits per heavy atom. The Kier molecular flexibility index (Phi) is 4.91. The van der Waals surface area contributed by atoms with E-state index in [0.29, 0.717) is 11.4 Å². The lowest BCUT2D eigenvalue weighted by Gasteiger charge is -2.24. The second kappa shape index (κ2) is 6.34. The number of carbonyl (C=O) groups is 1. The molecule has 1 fully saturated rings. The number of hydrogen-bond donors (Lipinski definition) is 1. The number of benzene rings is 1. The fourth-order valence-corrected chi connectivity index (χ4v) is 3.05. The minimum atomic E-state index is -3.11. The monoisotopic (exact) mass is 330 g/mol. The van der Waals surface area contributed by atoms with E-state index >= 15 is 0 Å². The highest BCUT2D eigenvalue weighted by molar-refractivity contribution is 7.90. The van der Waals surface area contributed by atoms with Gasteiger partial charge in [-0.15, -0.1) is 0 Å². The summed E-state index contributed by atoms with van der Waals surface area (Å²) in [5.41, 5.74) is 0.900. The van der Waals surface area contributed by atoms with Gasteiger partial charge in [0.2, 0.25) is 5.91 Å². The van der Waals surface area contributed by atoms with E-state index in [1.807, 2.05) is 19.1 Å². The molecule has 0 spiro atoms. The first-order chi connectivity index (χ1) is 9.81. The first-order valence-electron chi connectivity index (χ1n) is 6.81.